The summed E-state index contributed by atoms with van der Waals surface area (Å²) in [6.45, 7) is 7.65. The van der Waals surface area contributed by atoms with Crippen molar-refractivity contribution in [2.75, 3.05) is 7.11 Å². The van der Waals surface area contributed by atoms with Crippen LogP contribution in [0.2, 0.25) is 0 Å². The number of methoxy groups -OCH3 is 1. The Bertz CT molecular complexity index is 1350. The van der Waals surface area contributed by atoms with Gasteiger partial charge in [0.2, 0.25) is 0 Å². The van der Waals surface area contributed by atoms with Gasteiger partial charge in [-0.05, 0) is 48.1 Å². The molecule has 2 aromatic heterocycles. The van der Waals surface area contributed by atoms with E-state index in [0.29, 0.717) is 28.3 Å². The van der Waals surface area contributed by atoms with Crippen molar-refractivity contribution < 1.29 is 24.2 Å². The predicted octanol–water partition coefficient (Wildman–Crippen LogP) is 4.56. The summed E-state index contributed by atoms with van der Waals surface area (Å²) in [6.07, 6.45) is 3.28. The molecule has 0 saturated carbocycles. The Morgan fingerprint density at radius 1 is 1.17 bits per heavy atom. The molecule has 8 nitrogen and oxygen atoms in total. The lowest BCUT2D eigenvalue weighted by atomic mass is 9.92. The number of benzene rings is 1. The summed E-state index contributed by atoms with van der Waals surface area (Å²) in [6, 6.07) is 10.5. The number of aromatic amines is 1. The Labute approximate surface area is 209 Å². The fourth-order valence-corrected chi connectivity index (χ4v) is 4.69. The summed E-state index contributed by atoms with van der Waals surface area (Å²) >= 11 is 0. The summed E-state index contributed by atoms with van der Waals surface area (Å²) in [5, 5.41) is 11.5. The number of aryl methyl sites for hydroxylation is 1. The van der Waals surface area contributed by atoms with Gasteiger partial charge in [0.05, 0.1) is 18.7 Å². The van der Waals surface area contributed by atoms with Crippen LogP contribution in [0.1, 0.15) is 69.8 Å². The minimum Gasteiger partial charge on any atom is -0.507 e. The zero-order chi connectivity index (χ0) is 26.1. The van der Waals surface area contributed by atoms with Crippen LogP contribution in [0.25, 0.3) is 5.76 Å². The van der Waals surface area contributed by atoms with Crippen molar-refractivity contribution in [3.05, 3.63) is 93.6 Å². The SMILES string of the molecule is COC(=O)c1[nH]c(C)c(C(O)=C2C(=O)C(=O)N(Cc3cccnc3)[C@H]2c2ccc(C(C)C)cc2)c1C. The number of hydrogen-bond donors (Lipinski definition) is 2. The van der Waals surface area contributed by atoms with Crippen LogP contribution in [-0.4, -0.2) is 44.7 Å². The van der Waals surface area contributed by atoms with Crippen LogP contribution in [-0.2, 0) is 20.9 Å². The van der Waals surface area contributed by atoms with Gasteiger partial charge < -0.3 is 19.7 Å². The number of ether oxygens (including phenoxy) is 1. The Morgan fingerprint density at radius 2 is 1.86 bits per heavy atom. The molecular weight excluding hydrogens is 458 g/mol. The third kappa shape index (κ3) is 4.30. The van der Waals surface area contributed by atoms with Crippen molar-refractivity contribution >= 4 is 23.4 Å². The second kappa shape index (κ2) is 9.81. The highest BCUT2D eigenvalue weighted by atomic mass is 16.5. The van der Waals surface area contributed by atoms with Crippen LogP contribution in [0.4, 0.5) is 0 Å². The first-order valence-electron chi connectivity index (χ1n) is 11.7. The Morgan fingerprint density at radius 3 is 2.44 bits per heavy atom. The van der Waals surface area contributed by atoms with E-state index in [1.165, 1.54) is 12.0 Å². The number of Topliss-reactive ketones (excluding diaryl/α,β-unsaturated/α-hetero) is 1. The van der Waals surface area contributed by atoms with E-state index in [1.807, 2.05) is 30.3 Å². The van der Waals surface area contributed by atoms with Crippen molar-refractivity contribution in [1.29, 1.82) is 0 Å². The van der Waals surface area contributed by atoms with Crippen LogP contribution in [0.3, 0.4) is 0 Å². The zero-order valence-electron chi connectivity index (χ0n) is 21.0. The topological polar surface area (TPSA) is 113 Å². The summed E-state index contributed by atoms with van der Waals surface area (Å²) in [7, 11) is 1.27. The maximum absolute atomic E-state index is 13.4. The largest absolute Gasteiger partial charge is 0.507 e. The lowest BCUT2D eigenvalue weighted by molar-refractivity contribution is -0.140. The van der Waals surface area contributed by atoms with E-state index < -0.39 is 23.7 Å². The van der Waals surface area contributed by atoms with Crippen LogP contribution < -0.4 is 0 Å². The van der Waals surface area contributed by atoms with E-state index in [4.69, 9.17) is 4.74 Å². The molecule has 1 atom stereocenters. The summed E-state index contributed by atoms with van der Waals surface area (Å²) in [4.78, 5) is 47.4. The number of carbonyl (C=O) groups excluding carboxylic acids is 3. The van der Waals surface area contributed by atoms with Crippen LogP contribution in [0, 0.1) is 13.8 Å². The highest BCUT2D eigenvalue weighted by Gasteiger charge is 2.46. The number of H-pyrrole nitrogens is 1. The van der Waals surface area contributed by atoms with Gasteiger partial charge >= 0.3 is 5.97 Å². The van der Waals surface area contributed by atoms with Crippen molar-refractivity contribution in [1.82, 2.24) is 14.9 Å². The normalized spacial score (nSPS) is 17.2. The second-order valence-corrected chi connectivity index (χ2v) is 9.23. The monoisotopic (exact) mass is 487 g/mol. The smallest absolute Gasteiger partial charge is 0.354 e. The van der Waals surface area contributed by atoms with E-state index in [9.17, 15) is 19.5 Å². The number of ketones is 1. The number of aromatic nitrogens is 2. The van der Waals surface area contributed by atoms with Gasteiger partial charge in [-0.3, -0.25) is 14.6 Å². The molecule has 0 spiro atoms. The third-order valence-electron chi connectivity index (χ3n) is 6.60. The molecule has 1 saturated heterocycles. The van der Waals surface area contributed by atoms with Crippen molar-refractivity contribution in [2.45, 2.75) is 46.2 Å². The Hall–Kier alpha value is -4.20. The number of aliphatic hydroxyl groups excluding tert-OH is 1. The number of nitrogens with zero attached hydrogens (tertiary/aromatic N) is 2. The zero-order valence-corrected chi connectivity index (χ0v) is 21.0. The molecule has 3 aromatic rings. The molecule has 0 aliphatic carbocycles. The minimum absolute atomic E-state index is 0.0252. The number of amides is 1. The molecule has 2 N–H and O–H groups in total. The number of likely N-dealkylation sites (tertiary alicyclic amines) is 1. The van der Waals surface area contributed by atoms with E-state index in [0.717, 1.165) is 11.1 Å². The number of aliphatic hydroxyl groups is 1. The third-order valence-corrected chi connectivity index (χ3v) is 6.60. The van der Waals surface area contributed by atoms with Crippen molar-refractivity contribution in [2.24, 2.45) is 0 Å². The molecule has 4 rings (SSSR count). The second-order valence-electron chi connectivity index (χ2n) is 9.23. The molecule has 1 amide bonds. The summed E-state index contributed by atoms with van der Waals surface area (Å²) in [5.41, 5.74) is 3.94. The molecule has 1 aromatic carbocycles. The quantitative estimate of drug-likeness (QED) is 0.228. The van der Waals surface area contributed by atoms with Crippen molar-refractivity contribution in [3.8, 4) is 0 Å². The summed E-state index contributed by atoms with van der Waals surface area (Å²) < 4.78 is 4.83. The molecule has 0 bridgehead atoms. The van der Waals surface area contributed by atoms with Gasteiger partial charge in [-0.2, -0.15) is 0 Å². The first-order chi connectivity index (χ1) is 17.1. The van der Waals surface area contributed by atoms with E-state index in [2.05, 4.69) is 23.8 Å². The van der Waals surface area contributed by atoms with Gasteiger partial charge in [0.15, 0.2) is 0 Å². The number of rotatable bonds is 6. The fraction of sp³-hybridized carbons (Fsp3) is 0.286. The van der Waals surface area contributed by atoms with Crippen LogP contribution in [0.5, 0.6) is 0 Å². The average molecular weight is 488 g/mol. The van der Waals surface area contributed by atoms with Crippen molar-refractivity contribution in [3.63, 3.8) is 0 Å². The maximum atomic E-state index is 13.4. The lowest BCUT2D eigenvalue weighted by Crippen LogP contribution is -2.29. The first-order valence-corrected chi connectivity index (χ1v) is 11.7. The van der Waals surface area contributed by atoms with E-state index in [-0.39, 0.29) is 23.6 Å². The number of hydrogen-bond acceptors (Lipinski definition) is 6. The van der Waals surface area contributed by atoms with E-state index in [1.54, 1.807) is 32.3 Å². The van der Waals surface area contributed by atoms with Gasteiger partial charge in [-0.25, -0.2) is 4.79 Å². The lowest BCUT2D eigenvalue weighted by Gasteiger charge is -2.25. The first kappa shape index (κ1) is 24.9. The molecule has 1 fully saturated rings. The Kier molecular flexibility index (Phi) is 6.79. The number of carbonyl (C=O) groups is 3. The van der Waals surface area contributed by atoms with Gasteiger partial charge in [-0.1, -0.05) is 44.2 Å². The molecule has 3 heterocycles. The number of esters is 1. The molecule has 1 aliphatic heterocycles. The van der Waals surface area contributed by atoms with Gasteiger partial charge in [0, 0.05) is 30.2 Å². The molecule has 36 heavy (non-hydrogen) atoms. The van der Waals surface area contributed by atoms with Gasteiger partial charge in [0.1, 0.15) is 11.5 Å². The molecule has 186 valence electrons. The van der Waals surface area contributed by atoms with Crippen LogP contribution in [0.15, 0.2) is 54.4 Å². The predicted molar refractivity (Wildman–Crippen MR) is 134 cm³/mol. The molecule has 0 unspecified atom stereocenters. The molecular formula is C28H29N3O5. The molecule has 8 heteroatoms. The van der Waals surface area contributed by atoms with Crippen LogP contribution >= 0.6 is 0 Å². The van der Waals surface area contributed by atoms with E-state index >= 15 is 0 Å². The van der Waals surface area contributed by atoms with Gasteiger partial charge in [0.25, 0.3) is 11.7 Å². The average Bonchev–Trinajstić information content (AvgIpc) is 3.31. The molecule has 1 aliphatic rings. The number of nitrogens with one attached hydrogen (secondary N) is 1. The molecule has 0 radical (unpaired) electrons. The minimum atomic E-state index is -0.818. The summed E-state index contributed by atoms with van der Waals surface area (Å²) in [5.74, 6) is -2.11. The number of pyridine rings is 1. The fourth-order valence-electron chi connectivity index (χ4n) is 4.69. The maximum Gasteiger partial charge on any atom is 0.354 e. The highest BCUT2D eigenvalue weighted by Crippen LogP contribution is 2.41. The highest BCUT2D eigenvalue weighted by molar-refractivity contribution is 6.46. The Balaban J connectivity index is 1.90. The van der Waals surface area contributed by atoms with Gasteiger partial charge in [-0.15, -0.1) is 0 Å². The standard InChI is InChI=1S/C28H29N3O5/c1-15(2)19-8-10-20(11-9-19)24-22(25(32)21-16(3)23(28(35)36-5)30-17(21)4)26(33)27(34)31(24)14-18-7-6-12-29-13-18/h6-13,15,24,30,32H,14H2,1-5H3/t24-/m0/s1.